The lowest BCUT2D eigenvalue weighted by atomic mass is 9.73. The molecule has 0 radical (unpaired) electrons. The van der Waals surface area contributed by atoms with E-state index in [1.807, 2.05) is 6.92 Å². The Morgan fingerprint density at radius 2 is 2.00 bits per heavy atom. The Morgan fingerprint density at radius 1 is 1.36 bits per heavy atom. The van der Waals surface area contributed by atoms with Crippen molar-refractivity contribution >= 4 is 27.6 Å². The molecule has 0 aliphatic carbocycles. The number of hydrogen-bond acceptors (Lipinski definition) is 4. The third kappa shape index (κ3) is 3.56. The molecule has 0 aromatic heterocycles. The van der Waals surface area contributed by atoms with Crippen LogP contribution in [0.5, 0.6) is 0 Å². The Kier molecular flexibility index (Phi) is 5.83. The highest BCUT2D eigenvalue weighted by Gasteiger charge is 2.50. The summed E-state index contributed by atoms with van der Waals surface area (Å²) in [5.41, 5.74) is -0.117. The molecule has 1 heterocycles. The van der Waals surface area contributed by atoms with Gasteiger partial charge >= 0.3 is 5.97 Å². The topological polar surface area (TPSA) is 94.9 Å². The molecule has 1 aliphatic rings. The lowest BCUT2D eigenvalue weighted by molar-refractivity contribution is -0.162. The van der Waals surface area contributed by atoms with E-state index in [9.17, 15) is 23.4 Å². The fourth-order valence-electron chi connectivity index (χ4n) is 3.43. The number of benzene rings is 1. The average molecular weight is 390 g/mol. The van der Waals surface area contributed by atoms with Gasteiger partial charge in [-0.15, -0.1) is 0 Å². The van der Waals surface area contributed by atoms with Crippen molar-refractivity contribution < 1.29 is 23.4 Å². The van der Waals surface area contributed by atoms with Gasteiger partial charge in [-0.25, -0.2) is 8.42 Å². The number of aliphatic carboxylic acids is 1. The first-order valence-electron chi connectivity index (χ1n) is 8.24. The predicted octanol–water partition coefficient (Wildman–Crippen LogP) is 2.58. The zero-order chi connectivity index (χ0) is 19.0. The molecule has 0 spiro atoms. The number of carboxylic acid groups (broad SMARTS) is 1. The first-order chi connectivity index (χ1) is 11.6. The molecule has 0 unspecified atom stereocenters. The number of β-amino-alcohol motifs (C(OH)–C–C–N with tert-alkyl or cyclic N) is 1. The van der Waals surface area contributed by atoms with Crippen LogP contribution in [-0.4, -0.2) is 48.1 Å². The summed E-state index contributed by atoms with van der Waals surface area (Å²) in [4.78, 5) is 11.8. The summed E-state index contributed by atoms with van der Waals surface area (Å²) < 4.78 is 27.1. The molecule has 2 atom stereocenters. The molecule has 25 heavy (non-hydrogen) atoms. The lowest BCUT2D eigenvalue weighted by Gasteiger charge is -2.42. The van der Waals surface area contributed by atoms with Gasteiger partial charge in [0.05, 0.1) is 16.4 Å². The number of carboxylic acids is 1. The van der Waals surface area contributed by atoms with Crippen molar-refractivity contribution in [2.45, 2.75) is 51.0 Å². The van der Waals surface area contributed by atoms with Crippen LogP contribution in [0.25, 0.3) is 0 Å². The number of sulfonamides is 1. The number of halogens is 1. The molecule has 1 aromatic rings. The number of rotatable bonds is 5. The highest BCUT2D eigenvalue weighted by molar-refractivity contribution is 7.89. The third-order valence-electron chi connectivity index (χ3n) is 5.02. The zero-order valence-corrected chi connectivity index (χ0v) is 16.2. The van der Waals surface area contributed by atoms with Crippen LogP contribution in [0, 0.1) is 19.3 Å². The number of nitrogens with zero attached hydrogens (tertiary/aromatic N) is 1. The number of hydrogen-bond donors (Lipinski definition) is 2. The molecule has 0 amide bonds. The second-order valence-electron chi connectivity index (χ2n) is 6.71. The largest absolute Gasteiger partial charge is 0.481 e. The van der Waals surface area contributed by atoms with Crippen molar-refractivity contribution in [1.29, 1.82) is 0 Å². The Balaban J connectivity index is 2.35. The van der Waals surface area contributed by atoms with Crippen LogP contribution in [-0.2, 0) is 14.8 Å². The third-order valence-corrected chi connectivity index (χ3v) is 7.43. The first kappa shape index (κ1) is 20.2. The summed E-state index contributed by atoms with van der Waals surface area (Å²) in [6.07, 6.45) is -0.244. The molecule has 140 valence electrons. The van der Waals surface area contributed by atoms with Crippen LogP contribution < -0.4 is 0 Å². The number of piperidine rings is 1. The van der Waals surface area contributed by atoms with Gasteiger partial charge in [-0.1, -0.05) is 24.9 Å². The van der Waals surface area contributed by atoms with Crippen LogP contribution in [0.1, 0.15) is 37.3 Å². The van der Waals surface area contributed by atoms with Crippen LogP contribution >= 0.6 is 11.6 Å². The van der Waals surface area contributed by atoms with Gasteiger partial charge < -0.3 is 10.2 Å². The maximum absolute atomic E-state index is 13.0. The summed E-state index contributed by atoms with van der Waals surface area (Å²) in [5, 5.41) is 20.5. The zero-order valence-electron chi connectivity index (χ0n) is 14.6. The molecule has 1 aromatic carbocycles. The Bertz CT molecular complexity index is 779. The van der Waals surface area contributed by atoms with E-state index in [1.54, 1.807) is 19.9 Å². The van der Waals surface area contributed by atoms with E-state index in [2.05, 4.69) is 0 Å². The summed E-state index contributed by atoms with van der Waals surface area (Å²) >= 11 is 6.04. The monoisotopic (exact) mass is 389 g/mol. The molecular formula is C17H24ClNO5S. The minimum Gasteiger partial charge on any atom is -0.481 e. The van der Waals surface area contributed by atoms with E-state index in [1.165, 1.54) is 10.4 Å². The Hall–Kier alpha value is -1.15. The van der Waals surface area contributed by atoms with Gasteiger partial charge in [0.25, 0.3) is 0 Å². The van der Waals surface area contributed by atoms with Crippen molar-refractivity contribution in [1.82, 2.24) is 4.31 Å². The van der Waals surface area contributed by atoms with Crippen molar-refractivity contribution in [3.8, 4) is 0 Å². The molecule has 8 heteroatoms. The Morgan fingerprint density at radius 3 is 2.52 bits per heavy atom. The minimum absolute atomic E-state index is 0.0623. The number of carbonyl (C=O) groups is 1. The van der Waals surface area contributed by atoms with Gasteiger partial charge in [-0.05, 0) is 49.9 Å². The summed E-state index contributed by atoms with van der Waals surface area (Å²) in [6.45, 7) is 5.07. The quantitative estimate of drug-likeness (QED) is 0.807. The number of aliphatic hydroxyl groups excluding tert-OH is 1. The average Bonchev–Trinajstić information content (AvgIpc) is 2.52. The molecule has 1 fully saturated rings. The maximum Gasteiger partial charge on any atom is 0.312 e. The van der Waals surface area contributed by atoms with Crippen molar-refractivity contribution in [3.05, 3.63) is 28.3 Å². The second kappa shape index (κ2) is 7.23. The van der Waals surface area contributed by atoms with Gasteiger partial charge in [-0.2, -0.15) is 4.31 Å². The molecule has 2 N–H and O–H groups in total. The Labute approximate surface area is 153 Å². The number of aryl methyl sites for hydroxylation is 2. The molecule has 6 nitrogen and oxygen atoms in total. The molecular weight excluding hydrogens is 366 g/mol. The summed E-state index contributed by atoms with van der Waals surface area (Å²) in [6, 6.07) is 3.12. The predicted molar refractivity (Wildman–Crippen MR) is 95.3 cm³/mol. The summed E-state index contributed by atoms with van der Waals surface area (Å²) in [5.74, 6) is -1.07. The molecule has 0 bridgehead atoms. The standard InChI is InChI=1S/C17H24ClNO5S/c1-4-5-17(16(21)22)6-7-19(10-15(17)20)25(23,24)14-9-11(2)13(18)8-12(14)3/h8-9,15,20H,4-7,10H2,1-3H3,(H,21,22)/t15-,17-/m0/s1. The normalized spacial score (nSPS) is 25.1. The van der Waals surface area contributed by atoms with Crippen LogP contribution in [0.4, 0.5) is 0 Å². The van der Waals surface area contributed by atoms with Crippen molar-refractivity contribution in [2.24, 2.45) is 5.41 Å². The molecule has 1 saturated heterocycles. The van der Waals surface area contributed by atoms with Crippen LogP contribution in [0.2, 0.25) is 5.02 Å². The van der Waals surface area contributed by atoms with Crippen LogP contribution in [0.15, 0.2) is 17.0 Å². The lowest BCUT2D eigenvalue weighted by Crippen LogP contribution is -2.55. The van der Waals surface area contributed by atoms with E-state index >= 15 is 0 Å². The second-order valence-corrected chi connectivity index (χ2v) is 9.02. The van der Waals surface area contributed by atoms with Gasteiger partial charge in [-0.3, -0.25) is 4.79 Å². The fraction of sp³-hybridized carbons (Fsp3) is 0.588. The van der Waals surface area contributed by atoms with Crippen LogP contribution in [0.3, 0.4) is 0 Å². The smallest absolute Gasteiger partial charge is 0.312 e. The number of aliphatic hydroxyl groups is 1. The summed E-state index contributed by atoms with van der Waals surface area (Å²) in [7, 11) is -3.83. The highest BCUT2D eigenvalue weighted by Crippen LogP contribution is 2.39. The van der Waals surface area contributed by atoms with Crippen molar-refractivity contribution in [3.63, 3.8) is 0 Å². The van der Waals surface area contributed by atoms with Gasteiger partial charge in [0, 0.05) is 18.1 Å². The molecule has 2 rings (SSSR count). The van der Waals surface area contributed by atoms with E-state index in [0.717, 1.165) is 0 Å². The van der Waals surface area contributed by atoms with Gasteiger partial charge in [0.15, 0.2) is 0 Å². The van der Waals surface area contributed by atoms with E-state index in [4.69, 9.17) is 11.6 Å². The molecule has 1 aliphatic heterocycles. The van der Waals surface area contributed by atoms with E-state index in [-0.39, 0.29) is 24.4 Å². The van der Waals surface area contributed by atoms with E-state index < -0.39 is 27.5 Å². The van der Waals surface area contributed by atoms with E-state index in [0.29, 0.717) is 29.0 Å². The maximum atomic E-state index is 13.0. The molecule has 0 saturated carbocycles. The highest BCUT2D eigenvalue weighted by atomic mass is 35.5. The fourth-order valence-corrected chi connectivity index (χ4v) is 5.39. The SMILES string of the molecule is CCC[C@]1(C(=O)O)CCN(S(=O)(=O)c2cc(C)c(Cl)cc2C)C[C@@H]1O. The van der Waals surface area contributed by atoms with Gasteiger partial charge in [0.1, 0.15) is 0 Å². The minimum atomic E-state index is -3.83. The van der Waals surface area contributed by atoms with Gasteiger partial charge in [0.2, 0.25) is 10.0 Å². The first-order valence-corrected chi connectivity index (χ1v) is 10.1. The van der Waals surface area contributed by atoms with Crippen molar-refractivity contribution in [2.75, 3.05) is 13.1 Å².